The Kier molecular flexibility index (Phi) is 5.37. The molecule has 0 heterocycles. The molecule has 1 aliphatic rings. The number of ketones is 1. The molecule has 0 saturated carbocycles. The van der Waals surface area contributed by atoms with E-state index < -0.39 is 0 Å². The van der Waals surface area contributed by atoms with E-state index in [0.29, 0.717) is 12.2 Å². The van der Waals surface area contributed by atoms with Crippen LogP contribution in [-0.4, -0.2) is 24.3 Å². The Balaban J connectivity index is 1.96. The second kappa shape index (κ2) is 7.25. The minimum Gasteiger partial charge on any atom is -0.483 e. The Hall–Kier alpha value is -1.84. The van der Waals surface area contributed by atoms with Crippen LogP contribution in [0.3, 0.4) is 0 Å². The van der Waals surface area contributed by atoms with E-state index in [4.69, 9.17) is 4.74 Å². The predicted molar refractivity (Wildman–Crippen MR) is 81.7 cm³/mol. The number of Topliss-reactive ketones (excluding diaryl/α,β-unsaturated/α-hetero) is 1. The summed E-state index contributed by atoms with van der Waals surface area (Å²) in [5.74, 6) is 0.720. The highest BCUT2D eigenvalue weighted by Gasteiger charge is 2.20. The highest BCUT2D eigenvalue weighted by molar-refractivity contribution is 5.99. The summed E-state index contributed by atoms with van der Waals surface area (Å²) in [6.45, 7) is 4.08. The molecule has 4 heteroatoms. The summed E-state index contributed by atoms with van der Waals surface area (Å²) in [5.41, 5.74) is 1.70. The SMILES string of the molecule is CCCC(C)NC(=O)COc1cccc2c1CCCC2=O. The third kappa shape index (κ3) is 4.06. The number of amides is 1. The molecule has 114 valence electrons. The summed E-state index contributed by atoms with van der Waals surface area (Å²) in [5, 5.41) is 2.91. The van der Waals surface area contributed by atoms with E-state index in [2.05, 4.69) is 12.2 Å². The maximum atomic E-state index is 11.9. The van der Waals surface area contributed by atoms with Crippen molar-refractivity contribution in [2.75, 3.05) is 6.61 Å². The quantitative estimate of drug-likeness (QED) is 0.876. The number of hydrogen-bond acceptors (Lipinski definition) is 3. The van der Waals surface area contributed by atoms with Gasteiger partial charge in [-0.05, 0) is 32.3 Å². The molecule has 0 spiro atoms. The van der Waals surface area contributed by atoms with E-state index in [1.54, 1.807) is 0 Å². The standard InChI is InChI=1S/C17H23NO3/c1-3-6-12(2)18-17(20)11-21-16-10-5-7-13-14(16)8-4-9-15(13)19/h5,7,10,12H,3-4,6,8-9,11H2,1-2H3,(H,18,20). The lowest BCUT2D eigenvalue weighted by Gasteiger charge is -2.19. The van der Waals surface area contributed by atoms with Gasteiger partial charge in [-0.1, -0.05) is 25.5 Å². The van der Waals surface area contributed by atoms with Gasteiger partial charge in [-0.3, -0.25) is 9.59 Å². The molecule has 1 aliphatic carbocycles. The van der Waals surface area contributed by atoms with Crippen molar-refractivity contribution < 1.29 is 14.3 Å². The molecule has 21 heavy (non-hydrogen) atoms. The van der Waals surface area contributed by atoms with Gasteiger partial charge in [0.1, 0.15) is 5.75 Å². The van der Waals surface area contributed by atoms with Crippen molar-refractivity contribution in [3.63, 3.8) is 0 Å². The van der Waals surface area contributed by atoms with E-state index in [0.717, 1.165) is 36.8 Å². The molecule has 0 saturated heterocycles. The molecule has 1 unspecified atom stereocenters. The summed E-state index contributed by atoms with van der Waals surface area (Å²) in [4.78, 5) is 23.7. The van der Waals surface area contributed by atoms with Crippen molar-refractivity contribution in [2.45, 2.75) is 52.0 Å². The molecule has 0 aliphatic heterocycles. The van der Waals surface area contributed by atoms with Crippen LogP contribution in [0.4, 0.5) is 0 Å². The van der Waals surface area contributed by atoms with Gasteiger partial charge >= 0.3 is 0 Å². The highest BCUT2D eigenvalue weighted by Crippen LogP contribution is 2.29. The van der Waals surface area contributed by atoms with Crippen LogP contribution < -0.4 is 10.1 Å². The fourth-order valence-corrected chi connectivity index (χ4v) is 2.75. The number of nitrogens with one attached hydrogen (secondary N) is 1. The summed E-state index contributed by atoms with van der Waals surface area (Å²) in [6.07, 6.45) is 4.29. The van der Waals surface area contributed by atoms with Gasteiger partial charge in [-0.2, -0.15) is 0 Å². The highest BCUT2D eigenvalue weighted by atomic mass is 16.5. The fraction of sp³-hybridized carbons (Fsp3) is 0.529. The lowest BCUT2D eigenvalue weighted by molar-refractivity contribution is -0.123. The number of hydrogen-bond donors (Lipinski definition) is 1. The number of ether oxygens (including phenoxy) is 1. The third-order valence-corrected chi connectivity index (χ3v) is 3.75. The Morgan fingerprint density at radius 2 is 2.19 bits per heavy atom. The molecule has 1 atom stereocenters. The Labute approximate surface area is 125 Å². The van der Waals surface area contributed by atoms with Crippen LogP contribution in [0, 0.1) is 0 Å². The second-order valence-electron chi connectivity index (χ2n) is 5.60. The van der Waals surface area contributed by atoms with Crippen molar-refractivity contribution >= 4 is 11.7 Å². The number of carbonyl (C=O) groups excluding carboxylic acids is 2. The van der Waals surface area contributed by atoms with E-state index in [9.17, 15) is 9.59 Å². The lowest BCUT2D eigenvalue weighted by Crippen LogP contribution is -2.36. The van der Waals surface area contributed by atoms with Crippen molar-refractivity contribution in [2.24, 2.45) is 0 Å². The molecular weight excluding hydrogens is 266 g/mol. The third-order valence-electron chi connectivity index (χ3n) is 3.75. The first-order chi connectivity index (χ1) is 10.1. The molecule has 0 aromatic heterocycles. The van der Waals surface area contributed by atoms with Crippen molar-refractivity contribution in [1.29, 1.82) is 0 Å². The van der Waals surface area contributed by atoms with E-state index in [1.807, 2.05) is 25.1 Å². The van der Waals surface area contributed by atoms with Crippen LogP contribution in [0.2, 0.25) is 0 Å². The molecule has 4 nitrogen and oxygen atoms in total. The number of carbonyl (C=O) groups is 2. The molecule has 0 fully saturated rings. The van der Waals surface area contributed by atoms with Gasteiger partial charge in [0, 0.05) is 23.6 Å². The van der Waals surface area contributed by atoms with E-state index in [-0.39, 0.29) is 24.3 Å². The van der Waals surface area contributed by atoms with Gasteiger partial charge in [0.2, 0.25) is 0 Å². The van der Waals surface area contributed by atoms with Crippen molar-refractivity contribution in [3.05, 3.63) is 29.3 Å². The predicted octanol–water partition coefficient (Wildman–Crippen LogP) is 2.89. The van der Waals surface area contributed by atoms with Crippen LogP contribution >= 0.6 is 0 Å². The molecule has 1 aromatic rings. The molecule has 1 N–H and O–H groups in total. The van der Waals surface area contributed by atoms with Crippen molar-refractivity contribution in [3.8, 4) is 5.75 Å². The van der Waals surface area contributed by atoms with Crippen LogP contribution in [-0.2, 0) is 11.2 Å². The minimum atomic E-state index is -0.115. The first-order valence-corrected chi connectivity index (χ1v) is 7.69. The zero-order chi connectivity index (χ0) is 15.2. The van der Waals surface area contributed by atoms with Crippen LogP contribution in [0.15, 0.2) is 18.2 Å². The maximum Gasteiger partial charge on any atom is 0.258 e. The van der Waals surface area contributed by atoms with Crippen LogP contribution in [0.1, 0.15) is 55.5 Å². The fourth-order valence-electron chi connectivity index (χ4n) is 2.75. The van der Waals surface area contributed by atoms with Crippen LogP contribution in [0.5, 0.6) is 5.75 Å². The van der Waals surface area contributed by atoms with Gasteiger partial charge in [0.25, 0.3) is 5.91 Å². The smallest absolute Gasteiger partial charge is 0.258 e. The Morgan fingerprint density at radius 3 is 2.95 bits per heavy atom. The number of fused-ring (bicyclic) bond motifs is 1. The number of benzene rings is 1. The number of rotatable bonds is 6. The first-order valence-electron chi connectivity index (χ1n) is 7.69. The monoisotopic (exact) mass is 289 g/mol. The van der Waals surface area contributed by atoms with Crippen molar-refractivity contribution in [1.82, 2.24) is 5.32 Å². The van der Waals surface area contributed by atoms with Gasteiger partial charge in [0.05, 0.1) is 0 Å². The summed E-state index contributed by atoms with van der Waals surface area (Å²) in [7, 11) is 0. The van der Waals surface area contributed by atoms with Gasteiger partial charge in [-0.25, -0.2) is 0 Å². The summed E-state index contributed by atoms with van der Waals surface area (Å²) >= 11 is 0. The normalized spacial score (nSPS) is 15.2. The topological polar surface area (TPSA) is 55.4 Å². The molecule has 0 radical (unpaired) electrons. The average Bonchev–Trinajstić information content (AvgIpc) is 2.46. The first kappa shape index (κ1) is 15.5. The molecule has 2 rings (SSSR count). The lowest BCUT2D eigenvalue weighted by atomic mass is 9.90. The zero-order valence-electron chi connectivity index (χ0n) is 12.8. The summed E-state index contributed by atoms with van der Waals surface area (Å²) < 4.78 is 5.63. The molecular formula is C17H23NO3. The van der Waals surface area contributed by atoms with E-state index in [1.165, 1.54) is 0 Å². The molecule has 1 amide bonds. The van der Waals surface area contributed by atoms with Gasteiger partial charge in [-0.15, -0.1) is 0 Å². The Bertz CT molecular complexity index is 525. The largest absolute Gasteiger partial charge is 0.483 e. The van der Waals surface area contributed by atoms with E-state index >= 15 is 0 Å². The maximum absolute atomic E-state index is 11.9. The van der Waals surface area contributed by atoms with Gasteiger partial charge in [0.15, 0.2) is 12.4 Å². The minimum absolute atomic E-state index is 0.00129. The Morgan fingerprint density at radius 1 is 1.38 bits per heavy atom. The second-order valence-corrected chi connectivity index (χ2v) is 5.60. The molecule has 0 bridgehead atoms. The zero-order valence-corrected chi connectivity index (χ0v) is 12.8. The van der Waals surface area contributed by atoms with Crippen LogP contribution in [0.25, 0.3) is 0 Å². The summed E-state index contributed by atoms with van der Waals surface area (Å²) in [6, 6.07) is 5.65. The average molecular weight is 289 g/mol. The molecule has 1 aromatic carbocycles. The van der Waals surface area contributed by atoms with Gasteiger partial charge < -0.3 is 10.1 Å².